The number of benzene rings is 2. The molecule has 2 aromatic rings. The quantitative estimate of drug-likeness (QED) is 0.634. The first-order valence-electron chi connectivity index (χ1n) is 11.0. The van der Waals surface area contributed by atoms with Crippen LogP contribution in [-0.4, -0.2) is 53.5 Å². The monoisotopic (exact) mass is 422 g/mol. The molecule has 2 aliphatic rings. The number of nitrogens with zero attached hydrogens (tertiary/aromatic N) is 2. The Kier molecular flexibility index (Phi) is 7.11. The Bertz CT molecular complexity index is 876. The summed E-state index contributed by atoms with van der Waals surface area (Å²) in [5, 5.41) is 0. The van der Waals surface area contributed by atoms with E-state index in [1.54, 1.807) is 11.8 Å². The molecule has 2 amide bonds. The normalized spacial score (nSPS) is 15.9. The Morgan fingerprint density at radius 1 is 0.833 bits per heavy atom. The van der Waals surface area contributed by atoms with Gasteiger partial charge >= 0.3 is 0 Å². The fourth-order valence-electron chi connectivity index (χ4n) is 4.33. The van der Waals surface area contributed by atoms with Gasteiger partial charge in [-0.2, -0.15) is 0 Å². The topological polar surface area (TPSA) is 40.6 Å². The number of aryl methyl sites for hydroxylation is 3. The fraction of sp³-hybridized carbons (Fsp3) is 0.440. The van der Waals surface area contributed by atoms with E-state index in [2.05, 4.69) is 30.3 Å². The highest BCUT2D eigenvalue weighted by Gasteiger charge is 2.24. The van der Waals surface area contributed by atoms with Gasteiger partial charge in [0.05, 0.1) is 5.75 Å². The molecule has 1 heterocycles. The molecule has 158 valence electrons. The van der Waals surface area contributed by atoms with E-state index in [-0.39, 0.29) is 11.8 Å². The molecule has 4 rings (SSSR count). The van der Waals surface area contributed by atoms with Crippen molar-refractivity contribution in [2.75, 3.05) is 31.9 Å². The van der Waals surface area contributed by atoms with Crippen molar-refractivity contribution in [2.24, 2.45) is 0 Å². The van der Waals surface area contributed by atoms with Gasteiger partial charge in [-0.3, -0.25) is 9.59 Å². The van der Waals surface area contributed by atoms with E-state index >= 15 is 0 Å². The molecule has 1 saturated heterocycles. The van der Waals surface area contributed by atoms with Crippen LogP contribution in [-0.2, 0) is 28.9 Å². The van der Waals surface area contributed by atoms with Gasteiger partial charge in [-0.25, -0.2) is 0 Å². The zero-order valence-corrected chi connectivity index (χ0v) is 18.3. The first kappa shape index (κ1) is 21.0. The van der Waals surface area contributed by atoms with E-state index < -0.39 is 0 Å². The third-order valence-corrected chi connectivity index (χ3v) is 7.09. The van der Waals surface area contributed by atoms with Gasteiger partial charge in [0, 0.05) is 37.5 Å². The summed E-state index contributed by atoms with van der Waals surface area (Å²) in [6.45, 7) is 2.60. The molecule has 5 heteroatoms. The maximum absolute atomic E-state index is 12.6. The molecule has 0 radical (unpaired) electrons. The summed E-state index contributed by atoms with van der Waals surface area (Å²) in [7, 11) is 0. The van der Waals surface area contributed by atoms with Crippen LogP contribution in [0.3, 0.4) is 0 Å². The summed E-state index contributed by atoms with van der Waals surface area (Å²) in [5.74, 6) is 0.867. The van der Waals surface area contributed by atoms with Crippen LogP contribution in [0.4, 0.5) is 0 Å². The molecule has 0 saturated carbocycles. The highest BCUT2D eigenvalue weighted by molar-refractivity contribution is 8.00. The molecule has 0 aromatic heterocycles. The van der Waals surface area contributed by atoms with E-state index in [1.807, 2.05) is 28.0 Å². The number of thioether (sulfide) groups is 1. The largest absolute Gasteiger partial charge is 0.339 e. The smallest absolute Gasteiger partial charge is 0.233 e. The van der Waals surface area contributed by atoms with Crippen LogP contribution in [0.5, 0.6) is 0 Å². The van der Waals surface area contributed by atoms with Gasteiger partial charge in [-0.15, -0.1) is 11.8 Å². The Hall–Kier alpha value is -2.27. The van der Waals surface area contributed by atoms with Crippen molar-refractivity contribution >= 4 is 23.6 Å². The lowest BCUT2D eigenvalue weighted by Gasteiger charge is -2.35. The zero-order chi connectivity index (χ0) is 20.8. The summed E-state index contributed by atoms with van der Waals surface area (Å²) in [5.41, 5.74) is 4.20. The summed E-state index contributed by atoms with van der Waals surface area (Å²) in [6, 6.07) is 16.9. The van der Waals surface area contributed by atoms with Gasteiger partial charge in [0.2, 0.25) is 11.8 Å². The predicted octanol–water partition coefficient (Wildman–Crippen LogP) is 3.96. The van der Waals surface area contributed by atoms with Crippen LogP contribution in [0.25, 0.3) is 0 Å². The van der Waals surface area contributed by atoms with Crippen molar-refractivity contribution in [3.05, 3.63) is 65.2 Å². The predicted molar refractivity (Wildman–Crippen MR) is 122 cm³/mol. The summed E-state index contributed by atoms with van der Waals surface area (Å²) < 4.78 is 0. The van der Waals surface area contributed by atoms with E-state index in [0.29, 0.717) is 38.4 Å². The number of carbonyl (C=O) groups is 2. The zero-order valence-electron chi connectivity index (χ0n) is 17.5. The van der Waals surface area contributed by atoms with Gasteiger partial charge in [0.25, 0.3) is 0 Å². The van der Waals surface area contributed by atoms with Gasteiger partial charge in [-0.1, -0.05) is 36.4 Å². The average molecular weight is 423 g/mol. The Morgan fingerprint density at radius 3 is 2.30 bits per heavy atom. The van der Waals surface area contributed by atoms with Gasteiger partial charge in [0.15, 0.2) is 0 Å². The van der Waals surface area contributed by atoms with Crippen molar-refractivity contribution in [2.45, 2.75) is 43.4 Å². The maximum atomic E-state index is 12.6. The lowest BCUT2D eigenvalue weighted by molar-refractivity contribution is -0.138. The van der Waals surface area contributed by atoms with Crippen LogP contribution in [0.15, 0.2) is 53.4 Å². The van der Waals surface area contributed by atoms with Crippen LogP contribution in [0.1, 0.15) is 36.0 Å². The minimum atomic E-state index is 0.177. The van der Waals surface area contributed by atoms with Crippen molar-refractivity contribution in [1.82, 2.24) is 9.80 Å². The Balaban J connectivity index is 1.16. The number of hydrogen-bond acceptors (Lipinski definition) is 3. The van der Waals surface area contributed by atoms with E-state index in [0.717, 1.165) is 12.8 Å². The minimum Gasteiger partial charge on any atom is -0.339 e. The van der Waals surface area contributed by atoms with Crippen molar-refractivity contribution < 1.29 is 9.59 Å². The summed E-state index contributed by atoms with van der Waals surface area (Å²) in [6.07, 6.45) is 5.99. The Labute approximate surface area is 183 Å². The number of hydrogen-bond donors (Lipinski definition) is 0. The molecular weight excluding hydrogens is 392 g/mol. The van der Waals surface area contributed by atoms with Crippen molar-refractivity contribution in [3.8, 4) is 0 Å². The average Bonchev–Trinajstić information content (AvgIpc) is 3.26. The molecule has 4 nitrogen and oxygen atoms in total. The van der Waals surface area contributed by atoms with Gasteiger partial charge < -0.3 is 9.80 Å². The number of carbonyl (C=O) groups excluding carboxylic acids is 2. The molecule has 0 spiro atoms. The molecule has 0 N–H and O–H groups in total. The molecule has 1 aliphatic carbocycles. The van der Waals surface area contributed by atoms with Crippen molar-refractivity contribution in [3.63, 3.8) is 0 Å². The molecule has 0 bridgehead atoms. The van der Waals surface area contributed by atoms with Crippen LogP contribution < -0.4 is 0 Å². The second-order valence-electron chi connectivity index (χ2n) is 8.17. The minimum absolute atomic E-state index is 0.177. The number of fused-ring (bicyclic) bond motifs is 1. The standard InChI is InChI=1S/C25H30N2O2S/c28-24(11-4-8-20-6-2-1-3-7-20)26-14-16-27(17-15-26)25(29)19-30-23-13-12-21-9-5-10-22(21)18-23/h1-3,6-7,12-13,18H,4-5,8-11,14-17,19H2. The lowest BCUT2D eigenvalue weighted by atomic mass is 10.1. The maximum Gasteiger partial charge on any atom is 0.233 e. The molecule has 0 atom stereocenters. The molecule has 0 unspecified atom stereocenters. The summed E-state index contributed by atoms with van der Waals surface area (Å²) in [4.78, 5) is 30.1. The molecule has 1 fully saturated rings. The van der Waals surface area contributed by atoms with Crippen LogP contribution in [0.2, 0.25) is 0 Å². The molecular formula is C25H30N2O2S. The van der Waals surface area contributed by atoms with Gasteiger partial charge in [0.1, 0.15) is 0 Å². The first-order chi connectivity index (χ1) is 14.7. The number of piperazine rings is 1. The highest BCUT2D eigenvalue weighted by Crippen LogP contribution is 2.27. The number of rotatable bonds is 7. The lowest BCUT2D eigenvalue weighted by Crippen LogP contribution is -2.51. The second kappa shape index (κ2) is 10.2. The van der Waals surface area contributed by atoms with E-state index in [9.17, 15) is 9.59 Å². The second-order valence-corrected chi connectivity index (χ2v) is 9.22. The van der Waals surface area contributed by atoms with E-state index in [4.69, 9.17) is 0 Å². The third kappa shape index (κ3) is 5.45. The van der Waals surface area contributed by atoms with E-state index in [1.165, 1.54) is 40.8 Å². The molecule has 1 aliphatic heterocycles. The highest BCUT2D eigenvalue weighted by atomic mass is 32.2. The Morgan fingerprint density at radius 2 is 1.53 bits per heavy atom. The fourth-order valence-corrected chi connectivity index (χ4v) is 5.19. The van der Waals surface area contributed by atoms with Crippen molar-refractivity contribution in [1.29, 1.82) is 0 Å². The third-order valence-electron chi connectivity index (χ3n) is 6.12. The van der Waals surface area contributed by atoms with Crippen LogP contribution in [0, 0.1) is 0 Å². The van der Waals surface area contributed by atoms with Crippen LogP contribution >= 0.6 is 11.8 Å². The van der Waals surface area contributed by atoms with Gasteiger partial charge in [-0.05, 0) is 60.9 Å². The molecule has 2 aromatic carbocycles. The molecule has 30 heavy (non-hydrogen) atoms. The number of amides is 2. The summed E-state index contributed by atoms with van der Waals surface area (Å²) >= 11 is 1.63. The first-order valence-corrected chi connectivity index (χ1v) is 12.0. The SMILES string of the molecule is O=C(CCCc1ccccc1)N1CCN(C(=O)CSc2ccc3c(c2)CCC3)CC1.